The van der Waals surface area contributed by atoms with Crippen LogP contribution in [0.4, 0.5) is 0 Å². The molecular weight excluding hydrogens is 428 g/mol. The number of aryl methyl sites for hydroxylation is 3. The molecular formula is C27H36N4O3. The maximum absolute atomic E-state index is 12.9. The number of carbonyl (C=O) groups is 2. The molecule has 7 heteroatoms. The van der Waals surface area contributed by atoms with Gasteiger partial charge in [0.15, 0.2) is 5.65 Å². The fourth-order valence-electron chi connectivity index (χ4n) is 4.33. The van der Waals surface area contributed by atoms with Gasteiger partial charge in [0.05, 0.1) is 17.8 Å². The van der Waals surface area contributed by atoms with Gasteiger partial charge in [0.2, 0.25) is 5.91 Å². The lowest BCUT2D eigenvalue weighted by Gasteiger charge is -2.21. The Bertz CT molecular complexity index is 1180. The lowest BCUT2D eigenvalue weighted by Crippen LogP contribution is -2.43. The molecule has 1 amide bonds. The van der Waals surface area contributed by atoms with Crippen molar-refractivity contribution in [3.05, 3.63) is 58.4 Å². The Morgan fingerprint density at radius 3 is 2.38 bits per heavy atom. The van der Waals surface area contributed by atoms with E-state index in [1.54, 1.807) is 6.92 Å². The minimum atomic E-state index is -0.718. The van der Waals surface area contributed by atoms with Crippen molar-refractivity contribution in [2.75, 3.05) is 6.61 Å². The number of fused-ring (bicyclic) bond motifs is 1. The average Bonchev–Trinajstić information content (AvgIpc) is 3.10. The van der Waals surface area contributed by atoms with Crippen LogP contribution in [0.5, 0.6) is 0 Å². The van der Waals surface area contributed by atoms with Crippen LogP contribution in [0.1, 0.15) is 62.2 Å². The van der Waals surface area contributed by atoms with Crippen LogP contribution >= 0.6 is 0 Å². The molecule has 0 spiro atoms. The van der Waals surface area contributed by atoms with Crippen LogP contribution in [0.2, 0.25) is 0 Å². The van der Waals surface area contributed by atoms with Gasteiger partial charge < -0.3 is 10.1 Å². The molecule has 0 saturated heterocycles. The molecule has 0 radical (unpaired) electrons. The van der Waals surface area contributed by atoms with E-state index in [9.17, 15) is 9.59 Å². The van der Waals surface area contributed by atoms with Gasteiger partial charge in [0.25, 0.3) is 0 Å². The van der Waals surface area contributed by atoms with E-state index < -0.39 is 12.0 Å². The van der Waals surface area contributed by atoms with E-state index in [0.29, 0.717) is 12.8 Å². The number of benzene rings is 1. The quantitative estimate of drug-likeness (QED) is 0.501. The molecule has 3 rings (SSSR count). The second-order valence-electron chi connectivity index (χ2n) is 9.73. The predicted octanol–water partition coefficient (Wildman–Crippen LogP) is 4.33. The highest BCUT2D eigenvalue weighted by molar-refractivity contribution is 5.86. The van der Waals surface area contributed by atoms with Crippen molar-refractivity contribution in [2.24, 2.45) is 0 Å². The average molecular weight is 465 g/mol. The van der Waals surface area contributed by atoms with Gasteiger partial charge in [-0.15, -0.1) is 0 Å². The first kappa shape index (κ1) is 25.4. The van der Waals surface area contributed by atoms with E-state index in [4.69, 9.17) is 14.8 Å². The summed E-state index contributed by atoms with van der Waals surface area (Å²) < 4.78 is 7.17. The monoisotopic (exact) mass is 464 g/mol. The molecule has 0 fully saturated rings. The van der Waals surface area contributed by atoms with Gasteiger partial charge in [-0.1, -0.05) is 30.3 Å². The Hall–Kier alpha value is -3.22. The molecule has 0 aliphatic rings. The van der Waals surface area contributed by atoms with Gasteiger partial charge in [-0.3, -0.25) is 4.79 Å². The van der Waals surface area contributed by atoms with Gasteiger partial charge >= 0.3 is 5.97 Å². The second-order valence-corrected chi connectivity index (χ2v) is 9.73. The zero-order chi connectivity index (χ0) is 25.0. The Morgan fingerprint density at radius 1 is 1.09 bits per heavy atom. The molecule has 1 N–H and O–H groups in total. The van der Waals surface area contributed by atoms with Crippen LogP contribution in [-0.2, 0) is 32.7 Å². The first-order chi connectivity index (χ1) is 16.0. The molecule has 2 heterocycles. The fraction of sp³-hybridized carbons (Fsp3) is 0.481. The maximum Gasteiger partial charge on any atom is 0.328 e. The topological polar surface area (TPSA) is 86.1 Å². The first-order valence-corrected chi connectivity index (χ1v) is 11.9. The lowest BCUT2D eigenvalue weighted by atomic mass is 9.98. The summed E-state index contributed by atoms with van der Waals surface area (Å²) in [4.78, 5) is 30.2. The summed E-state index contributed by atoms with van der Waals surface area (Å²) in [5.41, 5.74) is 5.65. The molecule has 0 aliphatic carbocycles. The van der Waals surface area contributed by atoms with Crippen LogP contribution in [0.15, 0.2) is 30.3 Å². The number of pyridine rings is 1. The zero-order valence-corrected chi connectivity index (χ0v) is 21.4. The number of nitrogens with zero attached hydrogens (tertiary/aromatic N) is 3. The fourth-order valence-corrected chi connectivity index (χ4v) is 4.33. The Kier molecular flexibility index (Phi) is 7.75. The number of amides is 1. The zero-order valence-electron chi connectivity index (χ0n) is 21.4. The van der Waals surface area contributed by atoms with Gasteiger partial charge in [-0.05, 0) is 71.6 Å². The number of esters is 1. The number of hydrogen-bond donors (Lipinski definition) is 1. The van der Waals surface area contributed by atoms with E-state index in [1.807, 2.05) is 48.9 Å². The Labute approximate surface area is 201 Å². The highest BCUT2D eigenvalue weighted by Gasteiger charge is 2.25. The van der Waals surface area contributed by atoms with Crippen molar-refractivity contribution >= 4 is 22.9 Å². The first-order valence-electron chi connectivity index (χ1n) is 11.9. The van der Waals surface area contributed by atoms with Crippen LogP contribution < -0.4 is 5.32 Å². The highest BCUT2D eigenvalue weighted by atomic mass is 16.5. The third-order valence-corrected chi connectivity index (χ3v) is 6.00. The van der Waals surface area contributed by atoms with Crippen molar-refractivity contribution in [3.63, 3.8) is 0 Å². The summed E-state index contributed by atoms with van der Waals surface area (Å²) >= 11 is 0. The third-order valence-electron chi connectivity index (χ3n) is 6.00. The standard InChI is InChI=1S/C27H36N4O3/c1-8-34-26(33)22(16-20-12-10-9-11-13-20)29-23(32)15-14-21-17(2)24-19(4)30-31(27(5,6)7)25(24)28-18(21)3/h9-13,22H,8,14-16H2,1-7H3,(H,29,32)/t22-/m1/s1. The number of ether oxygens (including phenoxy) is 1. The molecule has 7 nitrogen and oxygen atoms in total. The Morgan fingerprint density at radius 2 is 1.76 bits per heavy atom. The van der Waals surface area contributed by atoms with Crippen LogP contribution in [0.25, 0.3) is 11.0 Å². The molecule has 0 aliphatic heterocycles. The third kappa shape index (κ3) is 5.64. The van der Waals surface area contributed by atoms with Gasteiger partial charge in [0.1, 0.15) is 6.04 Å². The number of carbonyl (C=O) groups excluding carboxylic acids is 2. The summed E-state index contributed by atoms with van der Waals surface area (Å²) in [5, 5.41) is 8.67. The number of rotatable bonds is 8. The van der Waals surface area contributed by atoms with Gasteiger partial charge in [-0.25, -0.2) is 14.5 Å². The van der Waals surface area contributed by atoms with E-state index >= 15 is 0 Å². The molecule has 2 aromatic heterocycles. The normalized spacial score (nSPS) is 12.6. The molecule has 1 aromatic carbocycles. The van der Waals surface area contributed by atoms with Crippen molar-refractivity contribution in [1.82, 2.24) is 20.1 Å². The summed E-state index contributed by atoms with van der Waals surface area (Å²) in [5.74, 6) is -0.602. The van der Waals surface area contributed by atoms with Crippen molar-refractivity contribution in [1.29, 1.82) is 0 Å². The summed E-state index contributed by atoms with van der Waals surface area (Å²) in [6.45, 7) is 14.4. The number of hydrogen-bond acceptors (Lipinski definition) is 5. The Balaban J connectivity index is 1.78. The molecule has 0 saturated carbocycles. The van der Waals surface area contributed by atoms with Gasteiger partial charge in [0, 0.05) is 23.9 Å². The molecule has 0 unspecified atom stereocenters. The molecule has 3 aromatic rings. The minimum Gasteiger partial charge on any atom is -0.464 e. The van der Waals surface area contributed by atoms with Crippen LogP contribution in [-0.4, -0.2) is 39.3 Å². The molecule has 182 valence electrons. The van der Waals surface area contributed by atoms with Crippen LogP contribution in [0.3, 0.4) is 0 Å². The summed E-state index contributed by atoms with van der Waals surface area (Å²) in [7, 11) is 0. The molecule has 34 heavy (non-hydrogen) atoms. The van der Waals surface area contributed by atoms with E-state index in [2.05, 4.69) is 33.0 Å². The largest absolute Gasteiger partial charge is 0.464 e. The minimum absolute atomic E-state index is 0.180. The van der Waals surface area contributed by atoms with Crippen molar-refractivity contribution in [3.8, 4) is 0 Å². The van der Waals surface area contributed by atoms with Crippen LogP contribution in [0, 0.1) is 20.8 Å². The lowest BCUT2D eigenvalue weighted by molar-refractivity contribution is -0.147. The smallest absolute Gasteiger partial charge is 0.328 e. The second kappa shape index (κ2) is 10.4. The number of nitrogens with one attached hydrogen (secondary N) is 1. The van der Waals surface area contributed by atoms with Gasteiger partial charge in [-0.2, -0.15) is 5.10 Å². The van der Waals surface area contributed by atoms with Crippen molar-refractivity contribution in [2.45, 2.75) is 79.3 Å². The highest BCUT2D eigenvalue weighted by Crippen LogP contribution is 2.29. The van der Waals surface area contributed by atoms with E-state index in [1.165, 1.54) is 0 Å². The summed E-state index contributed by atoms with van der Waals surface area (Å²) in [6.07, 6.45) is 1.18. The maximum atomic E-state index is 12.9. The molecule has 0 bridgehead atoms. The number of aromatic nitrogens is 3. The van der Waals surface area contributed by atoms with Crippen molar-refractivity contribution < 1.29 is 14.3 Å². The summed E-state index contributed by atoms with van der Waals surface area (Å²) in [6, 6.07) is 8.91. The SMILES string of the molecule is CCOC(=O)[C@@H](Cc1ccccc1)NC(=O)CCc1c(C)nc2c(c(C)nn2C(C)(C)C)c1C. The predicted molar refractivity (Wildman–Crippen MR) is 134 cm³/mol. The van der Waals surface area contributed by atoms with E-state index in [0.717, 1.165) is 39.1 Å². The van der Waals surface area contributed by atoms with E-state index in [-0.39, 0.29) is 24.5 Å². The molecule has 1 atom stereocenters.